The van der Waals surface area contributed by atoms with Crippen LogP contribution in [0.3, 0.4) is 0 Å². The van der Waals surface area contributed by atoms with Crippen LogP contribution in [0.1, 0.15) is 22.3 Å². The van der Waals surface area contributed by atoms with Gasteiger partial charge in [-0.15, -0.1) is 0 Å². The van der Waals surface area contributed by atoms with Crippen LogP contribution < -0.4 is 10.2 Å². The Morgan fingerprint density at radius 1 is 1.21 bits per heavy atom. The third-order valence-corrected chi connectivity index (χ3v) is 3.53. The quantitative estimate of drug-likeness (QED) is 0.444. The summed E-state index contributed by atoms with van der Waals surface area (Å²) in [6.45, 7) is -0.0656. The van der Waals surface area contributed by atoms with Crippen LogP contribution >= 0.6 is 23.2 Å². The van der Waals surface area contributed by atoms with Crippen LogP contribution in [0.25, 0.3) is 0 Å². The molecule has 4 nitrogen and oxygen atoms in total. The summed E-state index contributed by atoms with van der Waals surface area (Å²) in [5, 5.41) is 4.59. The SMILES string of the molecule is O=C(N/N=C\c1ccc(OCCCF)cc1)c1ccc(Cl)cc1Cl. The molecule has 0 saturated carbocycles. The molecule has 0 aliphatic rings. The number of hydrogen-bond acceptors (Lipinski definition) is 3. The molecule has 7 heteroatoms. The molecule has 0 saturated heterocycles. The minimum absolute atomic E-state index is 0.255. The van der Waals surface area contributed by atoms with Gasteiger partial charge in [0.15, 0.2) is 0 Å². The Morgan fingerprint density at radius 3 is 2.62 bits per heavy atom. The Bertz CT molecular complexity index is 721. The van der Waals surface area contributed by atoms with E-state index in [0.29, 0.717) is 23.8 Å². The van der Waals surface area contributed by atoms with Gasteiger partial charge in [-0.1, -0.05) is 23.2 Å². The Kier molecular flexibility index (Phi) is 7.03. The molecule has 0 bridgehead atoms. The first-order chi connectivity index (χ1) is 11.6. The van der Waals surface area contributed by atoms with Crippen LogP contribution in [-0.2, 0) is 0 Å². The molecule has 0 aliphatic carbocycles. The van der Waals surface area contributed by atoms with Gasteiger partial charge in [-0.3, -0.25) is 9.18 Å². The number of alkyl halides is 1. The number of nitrogens with one attached hydrogen (secondary N) is 1. The van der Waals surface area contributed by atoms with E-state index in [4.69, 9.17) is 27.9 Å². The summed E-state index contributed by atoms with van der Waals surface area (Å²) in [5.41, 5.74) is 3.45. The summed E-state index contributed by atoms with van der Waals surface area (Å²) in [5.74, 6) is 0.219. The summed E-state index contributed by atoms with van der Waals surface area (Å²) in [7, 11) is 0. The molecule has 126 valence electrons. The zero-order valence-electron chi connectivity index (χ0n) is 12.6. The maximum atomic E-state index is 12.0. The number of carbonyl (C=O) groups is 1. The fourth-order valence-corrected chi connectivity index (χ4v) is 2.29. The maximum Gasteiger partial charge on any atom is 0.272 e. The third-order valence-electron chi connectivity index (χ3n) is 2.98. The van der Waals surface area contributed by atoms with Crippen LogP contribution in [0, 0.1) is 0 Å². The van der Waals surface area contributed by atoms with Crippen LogP contribution in [-0.4, -0.2) is 25.4 Å². The minimum Gasteiger partial charge on any atom is -0.493 e. The van der Waals surface area contributed by atoms with E-state index in [9.17, 15) is 9.18 Å². The van der Waals surface area contributed by atoms with E-state index in [1.807, 2.05) is 0 Å². The van der Waals surface area contributed by atoms with Crippen molar-refractivity contribution in [2.75, 3.05) is 13.3 Å². The molecule has 1 amide bonds. The topological polar surface area (TPSA) is 50.7 Å². The molecule has 24 heavy (non-hydrogen) atoms. The van der Waals surface area contributed by atoms with Gasteiger partial charge in [-0.2, -0.15) is 5.10 Å². The lowest BCUT2D eigenvalue weighted by Crippen LogP contribution is -2.18. The van der Waals surface area contributed by atoms with Crippen LogP contribution in [0.4, 0.5) is 4.39 Å². The summed E-state index contributed by atoms with van der Waals surface area (Å²) in [4.78, 5) is 12.0. The normalized spacial score (nSPS) is 10.8. The molecule has 1 N–H and O–H groups in total. The van der Waals surface area contributed by atoms with Crippen molar-refractivity contribution in [2.24, 2.45) is 5.10 Å². The number of carbonyl (C=O) groups excluding carboxylic acids is 1. The second kappa shape index (κ2) is 9.25. The fourth-order valence-electron chi connectivity index (χ4n) is 1.79. The van der Waals surface area contributed by atoms with Gasteiger partial charge in [0.05, 0.1) is 30.1 Å². The highest BCUT2D eigenvalue weighted by Crippen LogP contribution is 2.20. The van der Waals surface area contributed by atoms with Gasteiger partial charge in [0, 0.05) is 11.4 Å². The molecule has 2 aromatic rings. The Balaban J connectivity index is 1.90. The van der Waals surface area contributed by atoms with Gasteiger partial charge < -0.3 is 4.74 Å². The van der Waals surface area contributed by atoms with Crippen molar-refractivity contribution in [3.63, 3.8) is 0 Å². The van der Waals surface area contributed by atoms with Crippen molar-refractivity contribution in [3.8, 4) is 5.75 Å². The molecule has 0 spiro atoms. The zero-order chi connectivity index (χ0) is 17.4. The molecular formula is C17H15Cl2FN2O2. The standard InChI is InChI=1S/C17H15Cl2FN2O2/c18-13-4-7-15(16(19)10-13)17(23)22-21-11-12-2-5-14(6-3-12)24-9-1-8-20/h2-7,10-11H,1,8-9H2,(H,22,23)/b21-11-. The van der Waals surface area contributed by atoms with Crippen molar-refractivity contribution in [1.29, 1.82) is 0 Å². The van der Waals surface area contributed by atoms with Crippen molar-refractivity contribution >= 4 is 35.3 Å². The number of hydrazone groups is 1. The van der Waals surface area contributed by atoms with Gasteiger partial charge in [-0.05, 0) is 48.0 Å². The Hall–Kier alpha value is -2.11. The Morgan fingerprint density at radius 2 is 1.96 bits per heavy atom. The number of ether oxygens (including phenoxy) is 1. The summed E-state index contributed by atoms with van der Waals surface area (Å²) < 4.78 is 17.3. The van der Waals surface area contributed by atoms with Gasteiger partial charge in [0.1, 0.15) is 5.75 Å². The molecule has 0 fully saturated rings. The number of halogens is 3. The third kappa shape index (κ3) is 5.51. The van der Waals surface area contributed by atoms with Crippen molar-refractivity contribution in [3.05, 3.63) is 63.6 Å². The lowest BCUT2D eigenvalue weighted by molar-refractivity contribution is 0.0955. The molecule has 2 aromatic carbocycles. The van der Waals surface area contributed by atoms with Crippen LogP contribution in [0.2, 0.25) is 10.0 Å². The van der Waals surface area contributed by atoms with E-state index in [2.05, 4.69) is 10.5 Å². The smallest absolute Gasteiger partial charge is 0.272 e. The number of amides is 1. The van der Waals surface area contributed by atoms with E-state index in [-0.39, 0.29) is 10.6 Å². The van der Waals surface area contributed by atoms with E-state index < -0.39 is 12.6 Å². The highest BCUT2D eigenvalue weighted by atomic mass is 35.5. The van der Waals surface area contributed by atoms with Gasteiger partial charge >= 0.3 is 0 Å². The first-order valence-electron chi connectivity index (χ1n) is 7.17. The first kappa shape index (κ1) is 18.2. The molecule has 2 rings (SSSR count). The number of nitrogens with zero attached hydrogens (tertiary/aromatic N) is 1. The molecule has 0 aromatic heterocycles. The second-order valence-electron chi connectivity index (χ2n) is 4.78. The minimum atomic E-state index is -0.431. The van der Waals surface area contributed by atoms with Crippen LogP contribution in [0.15, 0.2) is 47.6 Å². The predicted molar refractivity (Wildman–Crippen MR) is 94.1 cm³/mol. The molecule has 0 aliphatic heterocycles. The van der Waals surface area contributed by atoms with E-state index in [1.165, 1.54) is 18.3 Å². The molecule has 0 unspecified atom stereocenters. The largest absolute Gasteiger partial charge is 0.493 e. The highest BCUT2D eigenvalue weighted by molar-refractivity contribution is 6.36. The van der Waals surface area contributed by atoms with Gasteiger partial charge in [-0.25, -0.2) is 5.43 Å². The van der Waals surface area contributed by atoms with Gasteiger partial charge in [0.25, 0.3) is 5.91 Å². The van der Waals surface area contributed by atoms with Crippen LogP contribution in [0.5, 0.6) is 5.75 Å². The maximum absolute atomic E-state index is 12.0. The van der Waals surface area contributed by atoms with E-state index in [1.54, 1.807) is 30.3 Å². The van der Waals surface area contributed by atoms with Crippen molar-refractivity contribution in [2.45, 2.75) is 6.42 Å². The summed E-state index contributed by atoms with van der Waals surface area (Å²) in [6.07, 6.45) is 1.86. The lowest BCUT2D eigenvalue weighted by Gasteiger charge is -2.04. The monoisotopic (exact) mass is 368 g/mol. The average Bonchev–Trinajstić information content (AvgIpc) is 2.56. The average molecular weight is 369 g/mol. The number of rotatable bonds is 7. The lowest BCUT2D eigenvalue weighted by atomic mass is 10.2. The molecule has 0 atom stereocenters. The fraction of sp³-hybridized carbons (Fsp3) is 0.176. The number of hydrogen-bond donors (Lipinski definition) is 1. The molecule has 0 heterocycles. The van der Waals surface area contributed by atoms with E-state index >= 15 is 0 Å². The predicted octanol–water partition coefficient (Wildman–Crippen LogP) is 4.50. The summed E-state index contributed by atoms with van der Waals surface area (Å²) in [6, 6.07) is 11.6. The zero-order valence-corrected chi connectivity index (χ0v) is 14.1. The Labute approximate surface area is 149 Å². The number of benzene rings is 2. The molecular weight excluding hydrogens is 354 g/mol. The van der Waals surface area contributed by atoms with Gasteiger partial charge in [0.2, 0.25) is 0 Å². The highest BCUT2D eigenvalue weighted by Gasteiger charge is 2.09. The summed E-state index contributed by atoms with van der Waals surface area (Å²) >= 11 is 11.7. The van der Waals surface area contributed by atoms with Crippen molar-refractivity contribution in [1.82, 2.24) is 5.43 Å². The molecule has 0 radical (unpaired) electrons. The first-order valence-corrected chi connectivity index (χ1v) is 7.93. The van der Waals surface area contributed by atoms with Crippen molar-refractivity contribution < 1.29 is 13.9 Å². The second-order valence-corrected chi connectivity index (χ2v) is 5.63. The van der Waals surface area contributed by atoms with E-state index in [0.717, 1.165) is 5.56 Å².